The Bertz CT molecular complexity index is 936. The van der Waals surface area contributed by atoms with Gasteiger partial charge in [-0.05, 0) is 25.0 Å². The van der Waals surface area contributed by atoms with Crippen LogP contribution in [0.25, 0.3) is 11.0 Å². The Morgan fingerprint density at radius 3 is 2.56 bits per heavy atom. The van der Waals surface area contributed by atoms with E-state index in [2.05, 4.69) is 5.32 Å². The first kappa shape index (κ1) is 18.5. The van der Waals surface area contributed by atoms with Gasteiger partial charge in [0.15, 0.2) is 5.60 Å². The maximum absolute atomic E-state index is 12.8. The van der Waals surface area contributed by atoms with Crippen molar-refractivity contribution < 1.29 is 18.7 Å². The van der Waals surface area contributed by atoms with Gasteiger partial charge in [0.2, 0.25) is 0 Å². The molecule has 0 bridgehead atoms. The quantitative estimate of drug-likeness (QED) is 0.671. The molecule has 6 nitrogen and oxygen atoms in total. The lowest BCUT2D eigenvalue weighted by molar-refractivity contribution is -0.138. The van der Waals surface area contributed by atoms with E-state index in [-0.39, 0.29) is 6.42 Å². The van der Waals surface area contributed by atoms with Crippen molar-refractivity contribution in [3.63, 3.8) is 0 Å². The molecule has 3 rings (SSSR count). The Hall–Kier alpha value is -3.28. The number of carbonyl (C=O) groups is 2. The van der Waals surface area contributed by atoms with E-state index in [1.165, 1.54) is 0 Å². The summed E-state index contributed by atoms with van der Waals surface area (Å²) in [5, 5.41) is 3.70. The number of rotatable bonds is 7. The van der Waals surface area contributed by atoms with Crippen LogP contribution in [-0.2, 0) is 22.4 Å². The van der Waals surface area contributed by atoms with Crippen LogP contribution in [0.3, 0.4) is 0 Å². The molecule has 6 heteroatoms. The predicted octanol–water partition coefficient (Wildman–Crippen LogP) is 3.19. The van der Waals surface area contributed by atoms with Gasteiger partial charge in [-0.3, -0.25) is 4.79 Å². The van der Waals surface area contributed by atoms with E-state index in [0.717, 1.165) is 16.5 Å². The molecule has 1 unspecified atom stereocenters. The lowest BCUT2D eigenvalue weighted by Crippen LogP contribution is -2.50. The molecule has 0 fully saturated rings. The zero-order valence-corrected chi connectivity index (χ0v) is 15.1. The van der Waals surface area contributed by atoms with Crippen molar-refractivity contribution in [3.8, 4) is 0 Å². The number of ether oxygens (including phenoxy) is 1. The topological polar surface area (TPSA) is 94.6 Å². The van der Waals surface area contributed by atoms with Crippen LogP contribution in [0.5, 0.6) is 0 Å². The van der Waals surface area contributed by atoms with Crippen molar-refractivity contribution in [3.05, 3.63) is 72.0 Å². The highest BCUT2D eigenvalue weighted by Crippen LogP contribution is 2.26. The molecule has 2 aromatic carbocycles. The molecule has 0 aliphatic rings. The minimum absolute atomic E-state index is 0.157. The smallest absolute Gasteiger partial charge is 0.405 e. The molecular formula is C21H22N2O4. The van der Waals surface area contributed by atoms with Crippen molar-refractivity contribution in [2.75, 3.05) is 6.54 Å². The molecule has 0 spiro atoms. The summed E-state index contributed by atoms with van der Waals surface area (Å²) in [4.78, 5) is 24.2. The summed E-state index contributed by atoms with van der Waals surface area (Å²) < 4.78 is 10.7. The highest BCUT2D eigenvalue weighted by molar-refractivity contribution is 5.89. The van der Waals surface area contributed by atoms with E-state index in [4.69, 9.17) is 14.9 Å². The Kier molecular flexibility index (Phi) is 5.45. The monoisotopic (exact) mass is 366 g/mol. The molecule has 1 aromatic heterocycles. The highest BCUT2D eigenvalue weighted by Gasteiger charge is 2.38. The largest absolute Gasteiger partial charge is 0.464 e. The predicted molar refractivity (Wildman–Crippen MR) is 102 cm³/mol. The molecule has 0 aliphatic heterocycles. The van der Waals surface area contributed by atoms with Crippen molar-refractivity contribution in [1.29, 1.82) is 0 Å². The molecule has 2 amide bonds. The van der Waals surface area contributed by atoms with Gasteiger partial charge in [-0.1, -0.05) is 48.5 Å². The number of primary amides is 1. The standard InChI is InChI=1S/C21H22N2O4/c1-21(27-20(22)25,13-16-14-26-18-10-6-5-9-17(16)18)19(24)23-12-11-15-7-3-2-4-8-15/h2-10,14H,11-13H2,1H3,(H2,22,25)(H,23,24). The van der Waals surface area contributed by atoms with E-state index < -0.39 is 17.6 Å². The molecule has 0 radical (unpaired) electrons. The van der Waals surface area contributed by atoms with Crippen molar-refractivity contribution >= 4 is 23.0 Å². The molecule has 3 N–H and O–H groups in total. The summed E-state index contributed by atoms with van der Waals surface area (Å²) >= 11 is 0. The third kappa shape index (κ3) is 4.47. The lowest BCUT2D eigenvalue weighted by Gasteiger charge is -2.27. The zero-order chi connectivity index (χ0) is 19.3. The Labute approximate surface area is 157 Å². The van der Waals surface area contributed by atoms with Crippen molar-refractivity contribution in [2.45, 2.75) is 25.4 Å². The molecule has 140 valence electrons. The van der Waals surface area contributed by atoms with E-state index in [9.17, 15) is 9.59 Å². The van der Waals surface area contributed by atoms with Crippen LogP contribution < -0.4 is 11.1 Å². The van der Waals surface area contributed by atoms with E-state index in [0.29, 0.717) is 18.5 Å². The fourth-order valence-electron chi connectivity index (χ4n) is 3.07. The van der Waals surface area contributed by atoms with Crippen molar-refractivity contribution in [2.24, 2.45) is 5.73 Å². The van der Waals surface area contributed by atoms with Crippen LogP contribution in [0.2, 0.25) is 0 Å². The minimum atomic E-state index is -1.44. The molecule has 1 heterocycles. The summed E-state index contributed by atoms with van der Waals surface area (Å²) in [6.45, 7) is 1.98. The average molecular weight is 366 g/mol. The number of furan rings is 1. The average Bonchev–Trinajstić information content (AvgIpc) is 3.04. The van der Waals surface area contributed by atoms with Gasteiger partial charge in [-0.25, -0.2) is 4.79 Å². The van der Waals surface area contributed by atoms with Crippen LogP contribution in [0, 0.1) is 0 Å². The number of fused-ring (bicyclic) bond motifs is 1. The fraction of sp³-hybridized carbons (Fsp3) is 0.238. The number of amides is 2. The molecule has 1 atom stereocenters. The second-order valence-electron chi connectivity index (χ2n) is 6.58. The van der Waals surface area contributed by atoms with Crippen LogP contribution >= 0.6 is 0 Å². The maximum Gasteiger partial charge on any atom is 0.405 e. The third-order valence-corrected chi connectivity index (χ3v) is 4.44. The Balaban J connectivity index is 1.73. The van der Waals surface area contributed by atoms with Gasteiger partial charge < -0.3 is 20.2 Å². The fourth-order valence-corrected chi connectivity index (χ4v) is 3.07. The van der Waals surface area contributed by atoms with Gasteiger partial charge in [0.1, 0.15) is 5.58 Å². The number of nitrogens with one attached hydrogen (secondary N) is 1. The van der Waals surface area contributed by atoms with E-state index in [1.54, 1.807) is 13.2 Å². The second kappa shape index (κ2) is 7.95. The van der Waals surface area contributed by atoms with Crippen molar-refractivity contribution in [1.82, 2.24) is 5.32 Å². The number of hydrogen-bond acceptors (Lipinski definition) is 4. The van der Waals surface area contributed by atoms with E-state index >= 15 is 0 Å². The number of nitrogens with two attached hydrogens (primary N) is 1. The Morgan fingerprint density at radius 1 is 1.11 bits per heavy atom. The first-order chi connectivity index (χ1) is 13.0. The van der Waals surface area contributed by atoms with Gasteiger partial charge >= 0.3 is 6.09 Å². The summed E-state index contributed by atoms with van der Waals surface area (Å²) in [6, 6.07) is 17.3. The van der Waals surface area contributed by atoms with Gasteiger partial charge in [-0.2, -0.15) is 0 Å². The SMILES string of the molecule is CC(Cc1coc2ccccc12)(OC(N)=O)C(=O)NCCc1ccccc1. The summed E-state index contributed by atoms with van der Waals surface area (Å²) in [5.74, 6) is -0.400. The van der Waals surface area contributed by atoms with Crippen LogP contribution in [0.1, 0.15) is 18.1 Å². The zero-order valence-electron chi connectivity index (χ0n) is 15.1. The molecule has 0 saturated carbocycles. The van der Waals surface area contributed by atoms with Gasteiger partial charge in [0, 0.05) is 23.9 Å². The first-order valence-corrected chi connectivity index (χ1v) is 8.74. The molecule has 27 heavy (non-hydrogen) atoms. The molecule has 0 aliphatic carbocycles. The molecular weight excluding hydrogens is 344 g/mol. The normalized spacial score (nSPS) is 13.1. The number of hydrogen-bond donors (Lipinski definition) is 2. The number of carbonyl (C=O) groups excluding carboxylic acids is 2. The highest BCUT2D eigenvalue weighted by atomic mass is 16.6. The summed E-state index contributed by atoms with van der Waals surface area (Å²) in [6.07, 6.45) is 1.41. The second-order valence-corrected chi connectivity index (χ2v) is 6.58. The number of para-hydroxylation sites is 1. The summed E-state index contributed by atoms with van der Waals surface area (Å²) in [7, 11) is 0. The van der Waals surface area contributed by atoms with Gasteiger partial charge in [-0.15, -0.1) is 0 Å². The minimum Gasteiger partial charge on any atom is -0.464 e. The number of benzene rings is 2. The summed E-state index contributed by atoms with van der Waals surface area (Å²) in [5.41, 5.74) is 6.36. The molecule has 0 saturated heterocycles. The maximum atomic E-state index is 12.8. The van der Waals surface area contributed by atoms with Crippen LogP contribution in [0.15, 0.2) is 65.3 Å². The van der Waals surface area contributed by atoms with E-state index in [1.807, 2.05) is 54.6 Å². The van der Waals surface area contributed by atoms with Gasteiger partial charge in [0.25, 0.3) is 5.91 Å². The van der Waals surface area contributed by atoms with Crippen LogP contribution in [-0.4, -0.2) is 24.1 Å². The first-order valence-electron chi connectivity index (χ1n) is 8.74. The Morgan fingerprint density at radius 2 is 1.81 bits per heavy atom. The molecule has 3 aromatic rings. The lowest BCUT2D eigenvalue weighted by atomic mass is 9.94. The third-order valence-electron chi connectivity index (χ3n) is 4.44. The van der Waals surface area contributed by atoms with Crippen LogP contribution in [0.4, 0.5) is 4.79 Å². The van der Waals surface area contributed by atoms with Gasteiger partial charge in [0.05, 0.1) is 6.26 Å².